The highest BCUT2D eigenvalue weighted by Crippen LogP contribution is 2.13. The monoisotopic (exact) mass is 736 g/mol. The number of amides is 1. The molecule has 0 aliphatic rings. The van der Waals surface area contributed by atoms with Crippen LogP contribution >= 0.6 is 0 Å². The summed E-state index contributed by atoms with van der Waals surface area (Å²) in [5, 5.41) is 13.2. The molecule has 0 heterocycles. The zero-order valence-electron chi connectivity index (χ0n) is 33.2. The summed E-state index contributed by atoms with van der Waals surface area (Å²) >= 11 is 0. The van der Waals surface area contributed by atoms with Gasteiger partial charge in [0, 0.05) is 6.42 Å². The molecule has 3 N–H and O–H groups in total. The van der Waals surface area contributed by atoms with Gasteiger partial charge in [-0.1, -0.05) is 178 Å². The fourth-order valence-electron chi connectivity index (χ4n) is 6.24. The molecular formula is C44H81NO5S. The van der Waals surface area contributed by atoms with Crippen molar-refractivity contribution < 1.29 is 22.9 Å². The fraction of sp³-hybridized carbons (Fsp3) is 0.795. The number of carbonyl (C=O) groups excluding carboxylic acids is 1. The summed E-state index contributed by atoms with van der Waals surface area (Å²) < 4.78 is 32.5. The Labute approximate surface area is 316 Å². The second-order valence-electron chi connectivity index (χ2n) is 14.6. The van der Waals surface area contributed by atoms with E-state index in [4.69, 9.17) is 0 Å². The topological polar surface area (TPSA) is 104 Å². The van der Waals surface area contributed by atoms with Gasteiger partial charge in [-0.15, -0.1) is 0 Å². The summed E-state index contributed by atoms with van der Waals surface area (Å²) in [5.74, 6) is -1.01. The van der Waals surface area contributed by atoms with E-state index in [1.165, 1.54) is 147 Å². The molecule has 51 heavy (non-hydrogen) atoms. The van der Waals surface area contributed by atoms with Crippen LogP contribution in [0.3, 0.4) is 0 Å². The highest BCUT2D eigenvalue weighted by Gasteiger charge is 2.24. The summed E-state index contributed by atoms with van der Waals surface area (Å²) in [5.41, 5.74) is 0. The van der Waals surface area contributed by atoms with Crippen LogP contribution in [0.1, 0.15) is 206 Å². The quantitative estimate of drug-likeness (QED) is 0.0333. The number of aliphatic hydroxyl groups excluding tert-OH is 1. The predicted octanol–water partition coefficient (Wildman–Crippen LogP) is 12.7. The molecule has 0 rings (SSSR count). The van der Waals surface area contributed by atoms with Crippen LogP contribution in [-0.2, 0) is 14.9 Å². The average molecular weight is 736 g/mol. The van der Waals surface area contributed by atoms with E-state index in [1.54, 1.807) is 6.08 Å². The molecule has 0 aromatic rings. The minimum Gasteiger partial charge on any atom is -0.387 e. The highest BCUT2D eigenvalue weighted by molar-refractivity contribution is 7.85. The number of carbonyl (C=O) groups is 1. The van der Waals surface area contributed by atoms with Crippen molar-refractivity contribution in [3.63, 3.8) is 0 Å². The van der Waals surface area contributed by atoms with Gasteiger partial charge < -0.3 is 10.4 Å². The Kier molecular flexibility index (Phi) is 36.8. The highest BCUT2D eigenvalue weighted by atomic mass is 32.2. The molecule has 0 fully saturated rings. The van der Waals surface area contributed by atoms with Gasteiger partial charge in [0.1, 0.15) is 0 Å². The van der Waals surface area contributed by atoms with Gasteiger partial charge in [-0.2, -0.15) is 8.42 Å². The second-order valence-corrected chi connectivity index (χ2v) is 16.1. The standard InChI is InChI=1S/C44H81NO5S/c1-3-5-7-9-11-13-15-17-19-21-22-24-26-28-30-32-34-36-38-40-44(47)45-42(41-51(48,49)50)43(46)39-37-35-33-31-29-27-25-23-20-18-16-14-12-10-8-6-4-2/h17,19-20,23,29,31,37,39,42-43,46H,3-16,18,21-22,24-28,30,32-36,38,40-41H2,1-2H3,(H,45,47)(H,48,49,50)/b19-17-,23-20+,31-29+,39-37+. The third-order valence-electron chi connectivity index (χ3n) is 9.46. The van der Waals surface area contributed by atoms with Gasteiger partial charge in [0.15, 0.2) is 0 Å². The van der Waals surface area contributed by atoms with Crippen LogP contribution in [0.25, 0.3) is 0 Å². The number of nitrogens with one attached hydrogen (secondary N) is 1. The molecule has 0 spiro atoms. The van der Waals surface area contributed by atoms with Crippen LogP contribution < -0.4 is 5.32 Å². The first-order chi connectivity index (χ1) is 24.8. The lowest BCUT2D eigenvalue weighted by Gasteiger charge is -2.21. The Morgan fingerprint density at radius 3 is 1.24 bits per heavy atom. The van der Waals surface area contributed by atoms with Crippen molar-refractivity contribution in [1.82, 2.24) is 5.32 Å². The zero-order chi connectivity index (χ0) is 37.5. The molecule has 0 saturated heterocycles. The Hall–Kier alpha value is -1.70. The van der Waals surface area contributed by atoms with E-state index in [1.807, 2.05) is 0 Å². The number of rotatable bonds is 38. The van der Waals surface area contributed by atoms with E-state index < -0.39 is 28.0 Å². The number of unbranched alkanes of at least 4 members (excludes halogenated alkanes) is 24. The molecule has 6 nitrogen and oxygen atoms in total. The van der Waals surface area contributed by atoms with Crippen molar-refractivity contribution in [2.75, 3.05) is 5.75 Å². The maximum atomic E-state index is 12.5. The van der Waals surface area contributed by atoms with E-state index in [2.05, 4.69) is 55.6 Å². The van der Waals surface area contributed by atoms with Crippen LogP contribution in [-0.4, -0.2) is 41.9 Å². The first kappa shape index (κ1) is 49.3. The number of aliphatic hydroxyl groups is 1. The molecule has 1 amide bonds. The summed E-state index contributed by atoms with van der Waals surface area (Å²) in [6, 6.07) is -1.08. The maximum absolute atomic E-state index is 12.5. The zero-order valence-corrected chi connectivity index (χ0v) is 34.0. The summed E-state index contributed by atoms with van der Waals surface area (Å²) in [6.45, 7) is 4.52. The first-order valence-corrected chi connectivity index (χ1v) is 22.9. The first-order valence-electron chi connectivity index (χ1n) is 21.3. The normalized spacial score (nSPS) is 13.7. The van der Waals surface area contributed by atoms with Crippen LogP contribution in [0.15, 0.2) is 48.6 Å². The SMILES string of the molecule is CCCCCCCC/C=C\CCCCCCCCCCCC(=O)NC(CS(=O)(=O)O)C(O)/C=C/CC/C=C/CC/C=C/CCCCCCCCC. The maximum Gasteiger partial charge on any atom is 0.267 e. The molecule has 2 unspecified atom stereocenters. The van der Waals surface area contributed by atoms with Crippen molar-refractivity contribution in [2.45, 2.75) is 219 Å². The molecule has 0 aromatic carbocycles. The van der Waals surface area contributed by atoms with Crippen molar-refractivity contribution in [1.29, 1.82) is 0 Å². The van der Waals surface area contributed by atoms with Gasteiger partial charge in [-0.05, 0) is 70.6 Å². The van der Waals surface area contributed by atoms with Gasteiger partial charge in [0.25, 0.3) is 10.1 Å². The molecule has 0 aliphatic carbocycles. The average Bonchev–Trinajstić information content (AvgIpc) is 3.09. The van der Waals surface area contributed by atoms with E-state index in [0.29, 0.717) is 6.42 Å². The third kappa shape index (κ3) is 39.3. The molecule has 0 bridgehead atoms. The van der Waals surface area contributed by atoms with E-state index >= 15 is 0 Å². The van der Waals surface area contributed by atoms with Gasteiger partial charge in [0.2, 0.25) is 5.91 Å². The van der Waals surface area contributed by atoms with Crippen LogP contribution in [0, 0.1) is 0 Å². The van der Waals surface area contributed by atoms with Gasteiger partial charge in [0.05, 0.1) is 17.9 Å². The van der Waals surface area contributed by atoms with E-state index in [9.17, 15) is 22.9 Å². The molecule has 0 saturated carbocycles. The summed E-state index contributed by atoms with van der Waals surface area (Å²) in [7, 11) is -4.36. The minimum atomic E-state index is -4.36. The van der Waals surface area contributed by atoms with Crippen LogP contribution in [0.5, 0.6) is 0 Å². The number of hydrogen-bond acceptors (Lipinski definition) is 4. The Bertz CT molecular complexity index is 987. The van der Waals surface area contributed by atoms with Crippen LogP contribution in [0.2, 0.25) is 0 Å². The lowest BCUT2D eigenvalue weighted by Crippen LogP contribution is -2.46. The minimum absolute atomic E-state index is 0.282. The fourth-order valence-corrected chi connectivity index (χ4v) is 6.97. The van der Waals surface area contributed by atoms with E-state index in [0.717, 1.165) is 38.5 Å². The molecule has 0 aromatic heterocycles. The number of hydrogen-bond donors (Lipinski definition) is 3. The molecule has 7 heteroatoms. The molecule has 298 valence electrons. The van der Waals surface area contributed by atoms with Crippen molar-refractivity contribution in [3.05, 3.63) is 48.6 Å². The van der Waals surface area contributed by atoms with E-state index in [-0.39, 0.29) is 12.3 Å². The lowest BCUT2D eigenvalue weighted by atomic mass is 10.0. The molecular weight excluding hydrogens is 655 g/mol. The number of allylic oxidation sites excluding steroid dienone is 7. The molecule has 0 radical (unpaired) electrons. The third-order valence-corrected chi connectivity index (χ3v) is 10.2. The van der Waals surface area contributed by atoms with Crippen molar-refractivity contribution >= 4 is 16.0 Å². The predicted molar refractivity (Wildman–Crippen MR) is 221 cm³/mol. The largest absolute Gasteiger partial charge is 0.387 e. The summed E-state index contributed by atoms with van der Waals surface area (Å²) in [4.78, 5) is 12.5. The molecule has 0 aliphatic heterocycles. The second kappa shape index (κ2) is 38.0. The Balaban J connectivity index is 3.97. The van der Waals surface area contributed by atoms with Crippen LogP contribution in [0.4, 0.5) is 0 Å². The van der Waals surface area contributed by atoms with Gasteiger partial charge in [-0.25, -0.2) is 0 Å². The van der Waals surface area contributed by atoms with Gasteiger partial charge in [-0.3, -0.25) is 9.35 Å². The summed E-state index contributed by atoms with van der Waals surface area (Å²) in [6.07, 6.45) is 51.0. The van der Waals surface area contributed by atoms with Gasteiger partial charge >= 0.3 is 0 Å². The van der Waals surface area contributed by atoms with Crippen molar-refractivity contribution in [2.24, 2.45) is 0 Å². The smallest absolute Gasteiger partial charge is 0.267 e. The Morgan fingerprint density at radius 1 is 0.510 bits per heavy atom. The molecule has 2 atom stereocenters. The lowest BCUT2D eigenvalue weighted by molar-refractivity contribution is -0.122. The van der Waals surface area contributed by atoms with Crippen molar-refractivity contribution in [3.8, 4) is 0 Å². The Morgan fingerprint density at radius 2 is 0.843 bits per heavy atom.